The van der Waals surface area contributed by atoms with Gasteiger partial charge in [-0.25, -0.2) is 9.37 Å². The maximum absolute atomic E-state index is 13.1. The van der Waals surface area contributed by atoms with Crippen molar-refractivity contribution in [2.75, 3.05) is 5.73 Å². The number of nitrogen functional groups attached to an aromatic ring is 1. The normalized spacial score (nSPS) is 11.1. The zero-order chi connectivity index (χ0) is 13.1. The van der Waals surface area contributed by atoms with Crippen LogP contribution < -0.4 is 5.73 Å². The van der Waals surface area contributed by atoms with Gasteiger partial charge < -0.3 is 5.73 Å². The molecule has 2 rings (SSSR count). The van der Waals surface area contributed by atoms with Crippen molar-refractivity contribution in [1.29, 1.82) is 0 Å². The van der Waals surface area contributed by atoms with Crippen molar-refractivity contribution in [3.63, 3.8) is 0 Å². The third-order valence-electron chi connectivity index (χ3n) is 2.22. The number of halogens is 3. The topological polar surface area (TPSA) is 43.8 Å². The first-order valence-corrected chi connectivity index (χ1v) is 6.03. The maximum Gasteiger partial charge on any atom is 0.319 e. The van der Waals surface area contributed by atoms with Gasteiger partial charge in [0.25, 0.3) is 0 Å². The molecule has 0 unspecified atom stereocenters. The molecule has 3 nitrogen and oxygen atoms in total. The Morgan fingerprint density at radius 1 is 1.33 bits per heavy atom. The molecule has 0 saturated carbocycles. The van der Waals surface area contributed by atoms with E-state index in [1.165, 1.54) is 36.3 Å². The predicted molar refractivity (Wildman–Crippen MR) is 63.9 cm³/mol. The number of hydrogen-bond acceptors (Lipinski definition) is 3. The Morgan fingerprint density at radius 3 is 2.78 bits per heavy atom. The number of rotatable bonds is 4. The molecule has 0 saturated heterocycles. The molecule has 2 aromatic rings. The highest BCUT2D eigenvalue weighted by Gasteiger charge is 2.11. The van der Waals surface area contributed by atoms with Crippen molar-refractivity contribution in [1.82, 2.24) is 9.55 Å². The van der Waals surface area contributed by atoms with Crippen molar-refractivity contribution in [3.05, 3.63) is 42.2 Å². The molecule has 18 heavy (non-hydrogen) atoms. The third kappa shape index (κ3) is 2.98. The van der Waals surface area contributed by atoms with Gasteiger partial charge in [-0.3, -0.25) is 4.57 Å². The van der Waals surface area contributed by atoms with E-state index in [0.29, 0.717) is 10.6 Å². The largest absolute Gasteiger partial charge is 0.399 e. The number of hydrogen-bond donors (Lipinski definition) is 1. The van der Waals surface area contributed by atoms with Gasteiger partial charge in [-0.1, -0.05) is 0 Å². The number of benzene rings is 1. The summed E-state index contributed by atoms with van der Waals surface area (Å²) in [6.45, 7) is -2.62. The summed E-state index contributed by atoms with van der Waals surface area (Å²) in [5.74, 6) is 0.00721. The molecule has 0 aliphatic rings. The van der Waals surface area contributed by atoms with Crippen LogP contribution in [0.15, 0.2) is 35.5 Å². The molecular weight excluding hydrogens is 263 g/mol. The minimum atomic E-state index is -2.62. The fourth-order valence-corrected chi connectivity index (χ4v) is 2.38. The number of anilines is 1. The molecule has 0 amide bonds. The molecule has 0 fully saturated rings. The Hall–Kier alpha value is -1.63. The SMILES string of the molecule is Nc1cc(F)cc(SCc2nccn2C(F)F)c1. The summed E-state index contributed by atoms with van der Waals surface area (Å²) >= 11 is 1.20. The van der Waals surface area contributed by atoms with Gasteiger partial charge in [0.1, 0.15) is 11.6 Å². The summed E-state index contributed by atoms with van der Waals surface area (Å²) in [6, 6.07) is 4.09. The summed E-state index contributed by atoms with van der Waals surface area (Å²) in [6.07, 6.45) is 2.52. The van der Waals surface area contributed by atoms with Crippen LogP contribution in [0.5, 0.6) is 0 Å². The number of aromatic nitrogens is 2. The molecule has 0 atom stereocenters. The molecule has 7 heteroatoms. The molecule has 1 heterocycles. The van der Waals surface area contributed by atoms with E-state index < -0.39 is 12.4 Å². The highest BCUT2D eigenvalue weighted by molar-refractivity contribution is 7.98. The summed E-state index contributed by atoms with van der Waals surface area (Å²) in [7, 11) is 0. The standard InChI is InChI=1S/C11H10F3N3S/c12-7-3-8(15)5-9(4-7)18-6-10-16-1-2-17(10)11(13)14/h1-5,11H,6,15H2. The van der Waals surface area contributed by atoms with Crippen LogP contribution in [-0.2, 0) is 5.75 Å². The van der Waals surface area contributed by atoms with Crippen molar-refractivity contribution in [2.24, 2.45) is 0 Å². The lowest BCUT2D eigenvalue weighted by Crippen LogP contribution is -2.02. The van der Waals surface area contributed by atoms with E-state index in [0.717, 1.165) is 4.57 Å². The Kier molecular flexibility index (Phi) is 3.81. The van der Waals surface area contributed by atoms with Crippen LogP contribution in [0.1, 0.15) is 12.4 Å². The Labute approximate surface area is 106 Å². The van der Waals surface area contributed by atoms with Gasteiger partial charge >= 0.3 is 6.55 Å². The monoisotopic (exact) mass is 273 g/mol. The summed E-state index contributed by atoms with van der Waals surface area (Å²) in [5.41, 5.74) is 5.79. The first kappa shape index (κ1) is 12.8. The van der Waals surface area contributed by atoms with E-state index in [1.807, 2.05) is 0 Å². The van der Waals surface area contributed by atoms with E-state index in [9.17, 15) is 13.2 Å². The first-order chi connectivity index (χ1) is 8.56. The molecular formula is C11H10F3N3S. The zero-order valence-corrected chi connectivity index (χ0v) is 10.0. The zero-order valence-electron chi connectivity index (χ0n) is 9.19. The van der Waals surface area contributed by atoms with Crippen LogP contribution in [0, 0.1) is 5.82 Å². The smallest absolute Gasteiger partial charge is 0.319 e. The van der Waals surface area contributed by atoms with Gasteiger partial charge in [0.15, 0.2) is 0 Å². The molecule has 0 bridgehead atoms. The van der Waals surface area contributed by atoms with Crippen LogP contribution in [0.2, 0.25) is 0 Å². The van der Waals surface area contributed by atoms with Crippen LogP contribution in [0.25, 0.3) is 0 Å². The lowest BCUT2D eigenvalue weighted by Gasteiger charge is -2.06. The van der Waals surface area contributed by atoms with Crippen molar-refractivity contribution in [3.8, 4) is 0 Å². The minimum Gasteiger partial charge on any atom is -0.399 e. The highest BCUT2D eigenvalue weighted by Crippen LogP contribution is 2.26. The van der Waals surface area contributed by atoms with Crippen LogP contribution >= 0.6 is 11.8 Å². The molecule has 0 radical (unpaired) electrons. The van der Waals surface area contributed by atoms with Crippen molar-refractivity contribution in [2.45, 2.75) is 17.2 Å². The molecule has 0 aliphatic heterocycles. The number of nitrogens with two attached hydrogens (primary N) is 1. The van der Waals surface area contributed by atoms with E-state index in [-0.39, 0.29) is 11.6 Å². The number of thioether (sulfide) groups is 1. The van der Waals surface area contributed by atoms with Crippen molar-refractivity contribution >= 4 is 17.4 Å². The maximum atomic E-state index is 13.1. The second-order valence-corrected chi connectivity index (χ2v) is 4.59. The molecule has 2 N–H and O–H groups in total. The number of nitrogens with zero attached hydrogens (tertiary/aromatic N) is 2. The van der Waals surface area contributed by atoms with Gasteiger partial charge in [0, 0.05) is 23.0 Å². The van der Waals surface area contributed by atoms with Gasteiger partial charge in [-0.15, -0.1) is 11.8 Å². The summed E-state index contributed by atoms with van der Waals surface area (Å²) in [5, 5.41) is 0. The Balaban J connectivity index is 2.09. The van der Waals surface area contributed by atoms with Gasteiger partial charge in [-0.2, -0.15) is 8.78 Å². The van der Waals surface area contributed by atoms with Crippen LogP contribution in [0.3, 0.4) is 0 Å². The third-order valence-corrected chi connectivity index (χ3v) is 3.19. The molecule has 0 aliphatic carbocycles. The van der Waals surface area contributed by atoms with Gasteiger partial charge in [0.2, 0.25) is 0 Å². The molecule has 1 aromatic carbocycles. The summed E-state index contributed by atoms with van der Waals surface area (Å²) in [4.78, 5) is 4.41. The second-order valence-electron chi connectivity index (χ2n) is 3.54. The molecule has 1 aromatic heterocycles. The lowest BCUT2D eigenvalue weighted by atomic mass is 10.3. The van der Waals surface area contributed by atoms with E-state index in [4.69, 9.17) is 5.73 Å². The number of alkyl halides is 2. The fourth-order valence-electron chi connectivity index (χ4n) is 1.45. The number of imidazole rings is 1. The first-order valence-electron chi connectivity index (χ1n) is 5.05. The minimum absolute atomic E-state index is 0.222. The fraction of sp³-hybridized carbons (Fsp3) is 0.182. The quantitative estimate of drug-likeness (QED) is 0.686. The van der Waals surface area contributed by atoms with Crippen LogP contribution in [-0.4, -0.2) is 9.55 Å². The average Bonchev–Trinajstić information content (AvgIpc) is 2.73. The highest BCUT2D eigenvalue weighted by atomic mass is 32.2. The lowest BCUT2D eigenvalue weighted by molar-refractivity contribution is 0.0678. The van der Waals surface area contributed by atoms with Crippen LogP contribution in [0.4, 0.5) is 18.9 Å². The molecule has 96 valence electrons. The average molecular weight is 273 g/mol. The van der Waals surface area contributed by atoms with Crippen molar-refractivity contribution < 1.29 is 13.2 Å². The van der Waals surface area contributed by atoms with E-state index in [2.05, 4.69) is 4.98 Å². The Bertz CT molecular complexity index is 522. The van der Waals surface area contributed by atoms with Gasteiger partial charge in [0.05, 0.1) is 5.75 Å². The molecule has 0 spiro atoms. The van der Waals surface area contributed by atoms with E-state index >= 15 is 0 Å². The second kappa shape index (κ2) is 5.34. The summed E-state index contributed by atoms with van der Waals surface area (Å²) < 4.78 is 38.9. The van der Waals surface area contributed by atoms with E-state index in [1.54, 1.807) is 6.07 Å². The van der Waals surface area contributed by atoms with Gasteiger partial charge in [-0.05, 0) is 18.2 Å². The predicted octanol–water partition coefficient (Wildman–Crippen LogP) is 3.29. The Morgan fingerprint density at radius 2 is 2.11 bits per heavy atom.